The molecular weight excluding hydrogens is 468 g/mol. The third-order valence-corrected chi connectivity index (χ3v) is 7.72. The molecule has 0 saturated carbocycles. The summed E-state index contributed by atoms with van der Waals surface area (Å²) in [5.74, 6) is 0.393. The lowest BCUT2D eigenvalue weighted by Crippen LogP contribution is -2.42. The van der Waals surface area contributed by atoms with Crippen LogP contribution in [0.1, 0.15) is 17.0 Å². The largest absolute Gasteiger partial charge is 0.487 e. The number of carbonyl (C=O) groups is 1. The Balaban J connectivity index is 1.34. The Bertz CT molecular complexity index is 1480. The lowest BCUT2D eigenvalue weighted by molar-refractivity contribution is -0.138. The zero-order valence-electron chi connectivity index (χ0n) is 18.8. The predicted octanol–water partition coefficient (Wildman–Crippen LogP) is 4.43. The summed E-state index contributed by atoms with van der Waals surface area (Å²) in [4.78, 5) is 16.3. The molecule has 0 radical (unpaired) electrons. The van der Waals surface area contributed by atoms with Crippen LogP contribution in [0.3, 0.4) is 0 Å². The number of rotatable bonds is 7. The van der Waals surface area contributed by atoms with Gasteiger partial charge in [-0.05, 0) is 55.0 Å². The van der Waals surface area contributed by atoms with Crippen LogP contribution < -0.4 is 9.04 Å². The molecule has 5 rings (SSSR count). The van der Waals surface area contributed by atoms with E-state index < -0.39 is 22.0 Å². The van der Waals surface area contributed by atoms with E-state index in [2.05, 4.69) is 4.98 Å². The fourth-order valence-electron chi connectivity index (χ4n) is 4.08. The summed E-state index contributed by atoms with van der Waals surface area (Å²) in [6.07, 6.45) is 0.119. The molecule has 0 saturated heterocycles. The van der Waals surface area contributed by atoms with Crippen molar-refractivity contribution in [3.8, 4) is 17.2 Å². The number of aliphatic carboxylic acids is 1. The first-order valence-corrected chi connectivity index (χ1v) is 12.4. The van der Waals surface area contributed by atoms with Crippen molar-refractivity contribution in [2.75, 3.05) is 4.31 Å². The fourth-order valence-corrected chi connectivity index (χ4v) is 5.73. The molecule has 178 valence electrons. The van der Waals surface area contributed by atoms with Crippen molar-refractivity contribution in [2.45, 2.75) is 30.9 Å². The minimum absolute atomic E-state index is 0.0169. The second-order valence-corrected chi connectivity index (χ2v) is 9.95. The molecule has 0 aliphatic carbocycles. The van der Waals surface area contributed by atoms with E-state index in [1.165, 1.54) is 24.3 Å². The average molecular weight is 491 g/mol. The van der Waals surface area contributed by atoms with E-state index in [1.54, 1.807) is 31.2 Å². The molecule has 3 aromatic carbocycles. The van der Waals surface area contributed by atoms with Gasteiger partial charge >= 0.3 is 5.97 Å². The predicted molar refractivity (Wildman–Crippen MR) is 129 cm³/mol. The van der Waals surface area contributed by atoms with Crippen LogP contribution in [0.2, 0.25) is 0 Å². The van der Waals surface area contributed by atoms with Crippen molar-refractivity contribution < 1.29 is 27.5 Å². The second kappa shape index (κ2) is 8.92. The Labute approximate surface area is 202 Å². The van der Waals surface area contributed by atoms with E-state index in [0.29, 0.717) is 34.3 Å². The van der Waals surface area contributed by atoms with E-state index in [4.69, 9.17) is 9.15 Å². The number of sulfonamides is 1. The number of aromatic nitrogens is 1. The quantitative estimate of drug-likeness (QED) is 0.408. The zero-order chi connectivity index (χ0) is 24.6. The minimum Gasteiger partial charge on any atom is -0.487 e. The lowest BCUT2D eigenvalue weighted by atomic mass is 10.1. The number of fused-ring (bicyclic) bond motifs is 1. The summed E-state index contributed by atoms with van der Waals surface area (Å²) in [6, 6.07) is 21.1. The Kier molecular flexibility index (Phi) is 5.78. The number of ether oxygens (including phenoxy) is 1. The van der Waals surface area contributed by atoms with Gasteiger partial charge in [-0.15, -0.1) is 0 Å². The third-order valence-electron chi connectivity index (χ3n) is 5.88. The third kappa shape index (κ3) is 4.26. The summed E-state index contributed by atoms with van der Waals surface area (Å²) < 4.78 is 39.3. The van der Waals surface area contributed by atoms with E-state index in [0.717, 1.165) is 9.87 Å². The Hall–Kier alpha value is -4.11. The molecular formula is C26H22N2O6S. The summed E-state index contributed by atoms with van der Waals surface area (Å²) >= 11 is 0. The number of hydrogen-bond acceptors (Lipinski definition) is 6. The van der Waals surface area contributed by atoms with Crippen LogP contribution in [0.25, 0.3) is 11.5 Å². The van der Waals surface area contributed by atoms with Gasteiger partial charge in [0.1, 0.15) is 29.9 Å². The van der Waals surface area contributed by atoms with Crippen molar-refractivity contribution in [1.29, 1.82) is 0 Å². The number of nitrogens with zero attached hydrogens (tertiary/aromatic N) is 2. The van der Waals surface area contributed by atoms with Crippen molar-refractivity contribution in [3.63, 3.8) is 0 Å². The van der Waals surface area contributed by atoms with Crippen LogP contribution >= 0.6 is 0 Å². The molecule has 0 spiro atoms. The van der Waals surface area contributed by atoms with Crippen LogP contribution in [0.15, 0.2) is 88.2 Å². The summed E-state index contributed by atoms with van der Waals surface area (Å²) in [5.41, 5.74) is 2.57. The molecule has 0 amide bonds. The summed E-state index contributed by atoms with van der Waals surface area (Å²) in [7, 11) is -4.09. The van der Waals surface area contributed by atoms with E-state index >= 15 is 0 Å². The number of oxazole rings is 1. The van der Waals surface area contributed by atoms with Crippen LogP contribution in [0.5, 0.6) is 5.75 Å². The molecule has 8 nitrogen and oxygen atoms in total. The molecule has 0 unspecified atom stereocenters. The van der Waals surface area contributed by atoms with Gasteiger partial charge in [-0.3, -0.25) is 4.31 Å². The smallest absolute Gasteiger partial charge is 0.327 e. The van der Waals surface area contributed by atoms with Crippen molar-refractivity contribution in [2.24, 2.45) is 0 Å². The SMILES string of the molecule is Cc1oc(-c2ccccc2)nc1COc1ccc(S(=O)(=O)N2c3ccccc3C[C@@H]2C(=O)O)cc1. The molecule has 1 N–H and O–H groups in total. The number of carboxylic acids is 1. The van der Waals surface area contributed by atoms with Gasteiger partial charge in [0, 0.05) is 12.0 Å². The van der Waals surface area contributed by atoms with Gasteiger partial charge in [0.25, 0.3) is 10.0 Å². The van der Waals surface area contributed by atoms with Crippen molar-refractivity contribution >= 4 is 21.7 Å². The number of aryl methyl sites for hydroxylation is 1. The first kappa shape index (κ1) is 22.7. The van der Waals surface area contributed by atoms with Gasteiger partial charge < -0.3 is 14.3 Å². The van der Waals surface area contributed by atoms with Crippen molar-refractivity contribution in [1.82, 2.24) is 4.98 Å². The molecule has 9 heteroatoms. The van der Waals surface area contributed by atoms with E-state index in [-0.39, 0.29) is 17.9 Å². The number of hydrogen-bond donors (Lipinski definition) is 1. The lowest BCUT2D eigenvalue weighted by Gasteiger charge is -2.24. The maximum atomic E-state index is 13.4. The zero-order valence-corrected chi connectivity index (χ0v) is 19.6. The minimum atomic E-state index is -4.09. The highest BCUT2D eigenvalue weighted by Gasteiger charge is 2.42. The Morgan fingerprint density at radius 1 is 1.06 bits per heavy atom. The van der Waals surface area contributed by atoms with E-state index in [9.17, 15) is 18.3 Å². The van der Waals surface area contributed by atoms with Gasteiger partial charge in [-0.2, -0.15) is 0 Å². The topological polar surface area (TPSA) is 110 Å². The first-order valence-electron chi connectivity index (χ1n) is 10.9. The van der Waals surface area contributed by atoms with Crippen LogP contribution in [-0.4, -0.2) is 30.5 Å². The maximum Gasteiger partial charge on any atom is 0.327 e. The number of anilines is 1. The van der Waals surface area contributed by atoms with Gasteiger partial charge in [0.05, 0.1) is 10.6 Å². The van der Waals surface area contributed by atoms with Gasteiger partial charge in [-0.1, -0.05) is 36.4 Å². The molecule has 1 aliphatic rings. The molecule has 2 heterocycles. The standard InChI is InChI=1S/C26H22N2O6S/c1-17-22(27-25(34-17)18-7-3-2-4-8-18)16-33-20-11-13-21(14-12-20)35(31,32)28-23-10-6-5-9-19(23)15-24(28)26(29)30/h2-14,24H,15-16H2,1H3,(H,29,30)/t24-/m1/s1. The van der Waals surface area contributed by atoms with Gasteiger partial charge in [0.2, 0.25) is 5.89 Å². The van der Waals surface area contributed by atoms with Gasteiger partial charge in [-0.25, -0.2) is 18.2 Å². The molecule has 35 heavy (non-hydrogen) atoms. The fraction of sp³-hybridized carbons (Fsp3) is 0.154. The second-order valence-electron chi connectivity index (χ2n) is 8.14. The summed E-state index contributed by atoms with van der Waals surface area (Å²) in [6.45, 7) is 1.95. The molecule has 1 aromatic heterocycles. The number of para-hydroxylation sites is 1. The maximum absolute atomic E-state index is 13.4. The number of carboxylic acid groups (broad SMARTS) is 1. The van der Waals surface area contributed by atoms with Crippen LogP contribution in [-0.2, 0) is 27.8 Å². The van der Waals surface area contributed by atoms with Crippen LogP contribution in [0, 0.1) is 6.92 Å². The van der Waals surface area contributed by atoms with Crippen LogP contribution in [0.4, 0.5) is 5.69 Å². The average Bonchev–Trinajstić information content (AvgIpc) is 3.45. The monoisotopic (exact) mass is 490 g/mol. The normalized spacial score (nSPS) is 15.1. The molecule has 4 aromatic rings. The highest BCUT2D eigenvalue weighted by atomic mass is 32.2. The number of benzene rings is 3. The Morgan fingerprint density at radius 3 is 2.46 bits per heavy atom. The summed E-state index contributed by atoms with van der Waals surface area (Å²) in [5, 5.41) is 9.65. The highest BCUT2D eigenvalue weighted by Crippen LogP contribution is 2.37. The van der Waals surface area contributed by atoms with E-state index in [1.807, 2.05) is 30.3 Å². The first-order chi connectivity index (χ1) is 16.8. The molecule has 0 bridgehead atoms. The highest BCUT2D eigenvalue weighted by molar-refractivity contribution is 7.93. The molecule has 0 fully saturated rings. The van der Waals surface area contributed by atoms with Gasteiger partial charge in [0.15, 0.2) is 0 Å². The molecule has 1 atom stereocenters. The van der Waals surface area contributed by atoms with Crippen molar-refractivity contribution in [3.05, 3.63) is 95.9 Å². The molecule has 1 aliphatic heterocycles. The Morgan fingerprint density at radius 2 is 1.74 bits per heavy atom.